The first-order chi connectivity index (χ1) is 5.24. The molecule has 58 valence electrons. The van der Waals surface area contributed by atoms with Gasteiger partial charge < -0.3 is 0 Å². The molecule has 0 amide bonds. The molecule has 1 aliphatic rings. The number of hydrogen-bond donors (Lipinski definition) is 0. The lowest BCUT2D eigenvalue weighted by Crippen LogP contribution is -2.02. The summed E-state index contributed by atoms with van der Waals surface area (Å²) in [6, 6.07) is 0. The Morgan fingerprint density at radius 2 is 2.36 bits per heavy atom. The molecule has 0 unspecified atom stereocenters. The first-order valence-electron chi connectivity index (χ1n) is 3.24. The molecule has 0 spiro atoms. The highest BCUT2D eigenvalue weighted by atomic mass is 16.6. The minimum Gasteiger partial charge on any atom is -0.298 e. The molecule has 0 aromatic carbocycles. The second-order valence-corrected chi connectivity index (χ2v) is 2.25. The molecular weight excluding hydrogens is 146 g/mol. The van der Waals surface area contributed by atoms with Gasteiger partial charge in [-0.05, 0) is 6.42 Å². The fourth-order valence-corrected chi connectivity index (χ4v) is 0.936. The Bertz CT molecular complexity index is 252. The van der Waals surface area contributed by atoms with Gasteiger partial charge in [-0.1, -0.05) is 6.08 Å². The molecule has 4 nitrogen and oxygen atoms in total. The number of nitro groups is 1. The van der Waals surface area contributed by atoms with E-state index in [-0.39, 0.29) is 5.70 Å². The summed E-state index contributed by atoms with van der Waals surface area (Å²) in [7, 11) is 0. The quantitative estimate of drug-likeness (QED) is 0.338. The highest BCUT2D eigenvalue weighted by molar-refractivity contribution is 5.77. The number of nitrogens with zero attached hydrogens (tertiary/aromatic N) is 1. The fourth-order valence-electron chi connectivity index (χ4n) is 0.936. The topological polar surface area (TPSA) is 60.2 Å². The highest BCUT2D eigenvalue weighted by Gasteiger charge is 2.13. The molecule has 4 heteroatoms. The van der Waals surface area contributed by atoms with Gasteiger partial charge >= 0.3 is 0 Å². The van der Waals surface area contributed by atoms with Crippen molar-refractivity contribution in [3.05, 3.63) is 33.5 Å². The normalized spacial score (nSPS) is 16.7. The predicted molar refractivity (Wildman–Crippen MR) is 38.5 cm³/mol. The molecule has 0 saturated carbocycles. The zero-order valence-electron chi connectivity index (χ0n) is 5.82. The van der Waals surface area contributed by atoms with Crippen LogP contribution in [0.5, 0.6) is 0 Å². The molecule has 0 aromatic heterocycles. The zero-order chi connectivity index (χ0) is 8.27. The largest absolute Gasteiger partial charge is 0.298 e. The standard InChI is InChI=1S/C7H7NO3/c9-5-6-2-1-3-7(4-6)8(10)11/h2,4-5H,1,3H2. The SMILES string of the molecule is O=CC1=CCCC([N+](=O)[O-])=C1. The van der Waals surface area contributed by atoms with Crippen molar-refractivity contribution in [2.75, 3.05) is 0 Å². The maximum Gasteiger partial charge on any atom is 0.247 e. The van der Waals surface area contributed by atoms with Crippen LogP contribution in [0.25, 0.3) is 0 Å². The van der Waals surface area contributed by atoms with Crippen molar-refractivity contribution in [1.82, 2.24) is 0 Å². The molecule has 0 atom stereocenters. The van der Waals surface area contributed by atoms with Gasteiger partial charge in [-0.2, -0.15) is 0 Å². The summed E-state index contributed by atoms with van der Waals surface area (Å²) in [5.41, 5.74) is 0.526. The minimum atomic E-state index is -0.448. The van der Waals surface area contributed by atoms with Crippen LogP contribution in [0.15, 0.2) is 23.4 Å². The van der Waals surface area contributed by atoms with Crippen molar-refractivity contribution in [3.8, 4) is 0 Å². The average Bonchev–Trinajstić information content (AvgIpc) is 2.05. The monoisotopic (exact) mass is 153 g/mol. The van der Waals surface area contributed by atoms with Crippen molar-refractivity contribution >= 4 is 6.29 Å². The summed E-state index contributed by atoms with van der Waals surface area (Å²) >= 11 is 0. The molecule has 1 rings (SSSR count). The Kier molecular flexibility index (Phi) is 2.15. The maximum atomic E-state index is 10.2. The van der Waals surface area contributed by atoms with Crippen LogP contribution in [0.3, 0.4) is 0 Å². The molecule has 0 aliphatic heterocycles. The summed E-state index contributed by atoms with van der Waals surface area (Å²) in [4.78, 5) is 20.0. The van der Waals surface area contributed by atoms with Crippen LogP contribution in [0.4, 0.5) is 0 Å². The highest BCUT2D eigenvalue weighted by Crippen LogP contribution is 2.15. The molecule has 0 fully saturated rings. The van der Waals surface area contributed by atoms with Crippen LogP contribution in [-0.4, -0.2) is 11.2 Å². The number of rotatable bonds is 2. The molecule has 0 saturated heterocycles. The molecule has 1 aliphatic carbocycles. The first kappa shape index (κ1) is 7.65. The Morgan fingerprint density at radius 3 is 2.91 bits per heavy atom. The van der Waals surface area contributed by atoms with Gasteiger partial charge in [-0.15, -0.1) is 0 Å². The van der Waals surface area contributed by atoms with Crippen molar-refractivity contribution < 1.29 is 9.72 Å². The smallest absolute Gasteiger partial charge is 0.247 e. The van der Waals surface area contributed by atoms with Gasteiger partial charge in [0.05, 0.1) is 4.92 Å². The number of carbonyl (C=O) groups excluding carboxylic acids is 1. The van der Waals surface area contributed by atoms with Gasteiger partial charge in [0.25, 0.3) is 0 Å². The number of hydrogen-bond acceptors (Lipinski definition) is 3. The third-order valence-corrected chi connectivity index (χ3v) is 1.48. The van der Waals surface area contributed by atoms with Gasteiger partial charge in [0.1, 0.15) is 6.29 Å². The Morgan fingerprint density at radius 1 is 1.64 bits per heavy atom. The predicted octanol–water partition coefficient (Wildman–Crippen LogP) is 1.07. The number of aldehydes is 1. The molecule has 0 N–H and O–H groups in total. The Balaban J connectivity index is 2.84. The second kappa shape index (κ2) is 3.09. The molecule has 0 heterocycles. The van der Waals surface area contributed by atoms with Gasteiger partial charge in [0.2, 0.25) is 5.70 Å². The fraction of sp³-hybridized carbons (Fsp3) is 0.286. The van der Waals surface area contributed by atoms with E-state index in [2.05, 4.69) is 0 Å². The molecule has 11 heavy (non-hydrogen) atoms. The van der Waals surface area contributed by atoms with E-state index in [1.165, 1.54) is 6.08 Å². The molecule has 0 bridgehead atoms. The Labute approximate surface area is 63.4 Å². The minimum absolute atomic E-state index is 0.120. The van der Waals surface area contributed by atoms with E-state index in [0.717, 1.165) is 0 Å². The van der Waals surface area contributed by atoms with Gasteiger partial charge in [-0.25, -0.2) is 0 Å². The van der Waals surface area contributed by atoms with Crippen molar-refractivity contribution in [2.45, 2.75) is 12.8 Å². The summed E-state index contributed by atoms with van der Waals surface area (Å²) in [6.07, 6.45) is 4.64. The number of allylic oxidation sites excluding steroid dienone is 4. The van der Waals surface area contributed by atoms with E-state index in [9.17, 15) is 14.9 Å². The van der Waals surface area contributed by atoms with Crippen LogP contribution >= 0.6 is 0 Å². The second-order valence-electron chi connectivity index (χ2n) is 2.25. The lowest BCUT2D eigenvalue weighted by atomic mass is 10.1. The van der Waals surface area contributed by atoms with Crippen molar-refractivity contribution in [2.24, 2.45) is 0 Å². The maximum absolute atomic E-state index is 10.2. The summed E-state index contributed by atoms with van der Waals surface area (Å²) in [5.74, 6) is 0. The lowest BCUT2D eigenvalue weighted by Gasteiger charge is -2.01. The van der Waals surface area contributed by atoms with Crippen LogP contribution in [0.2, 0.25) is 0 Å². The van der Waals surface area contributed by atoms with Crippen LogP contribution in [0.1, 0.15) is 12.8 Å². The van der Waals surface area contributed by atoms with E-state index in [4.69, 9.17) is 0 Å². The third-order valence-electron chi connectivity index (χ3n) is 1.48. The van der Waals surface area contributed by atoms with Crippen LogP contribution < -0.4 is 0 Å². The summed E-state index contributed by atoms with van der Waals surface area (Å²) in [6.45, 7) is 0. The van der Waals surface area contributed by atoms with Gasteiger partial charge in [0.15, 0.2) is 0 Å². The van der Waals surface area contributed by atoms with Crippen LogP contribution in [0, 0.1) is 10.1 Å². The van der Waals surface area contributed by atoms with Crippen LogP contribution in [-0.2, 0) is 4.79 Å². The Hall–Kier alpha value is -1.45. The molecular formula is C7H7NO3. The molecule has 0 radical (unpaired) electrons. The third kappa shape index (κ3) is 1.73. The van der Waals surface area contributed by atoms with Gasteiger partial charge in [0, 0.05) is 18.1 Å². The first-order valence-corrected chi connectivity index (χ1v) is 3.24. The van der Waals surface area contributed by atoms with E-state index in [0.29, 0.717) is 24.7 Å². The van der Waals surface area contributed by atoms with Crippen molar-refractivity contribution in [1.29, 1.82) is 0 Å². The van der Waals surface area contributed by atoms with E-state index >= 15 is 0 Å². The lowest BCUT2D eigenvalue weighted by molar-refractivity contribution is -0.428. The summed E-state index contributed by atoms with van der Waals surface area (Å²) in [5, 5.41) is 10.2. The van der Waals surface area contributed by atoms with E-state index < -0.39 is 4.92 Å². The van der Waals surface area contributed by atoms with Crippen molar-refractivity contribution in [3.63, 3.8) is 0 Å². The van der Waals surface area contributed by atoms with E-state index in [1.807, 2.05) is 0 Å². The summed E-state index contributed by atoms with van der Waals surface area (Å²) < 4.78 is 0. The number of carbonyl (C=O) groups is 1. The molecule has 0 aromatic rings. The van der Waals surface area contributed by atoms with Gasteiger partial charge in [-0.3, -0.25) is 14.9 Å². The zero-order valence-corrected chi connectivity index (χ0v) is 5.82. The average molecular weight is 153 g/mol. The van der Waals surface area contributed by atoms with E-state index in [1.54, 1.807) is 6.08 Å².